The smallest absolute Gasteiger partial charge is 0.244 e. The second-order valence-corrected chi connectivity index (χ2v) is 6.34. The SMILES string of the molecule is COc1ccc(C)cc1/C=C/C(=O)NC1CCCC1(C)CO. The molecule has 1 aliphatic carbocycles. The van der Waals surface area contributed by atoms with Crippen molar-refractivity contribution >= 4 is 12.0 Å². The Morgan fingerprint density at radius 1 is 1.55 bits per heavy atom. The molecule has 0 aliphatic heterocycles. The number of hydrogen-bond acceptors (Lipinski definition) is 3. The Labute approximate surface area is 132 Å². The lowest BCUT2D eigenvalue weighted by atomic mass is 9.86. The van der Waals surface area contributed by atoms with Crippen LogP contribution in [-0.4, -0.2) is 30.8 Å². The van der Waals surface area contributed by atoms with Crippen molar-refractivity contribution in [1.29, 1.82) is 0 Å². The molecule has 0 heterocycles. The highest BCUT2D eigenvalue weighted by Gasteiger charge is 2.38. The van der Waals surface area contributed by atoms with Crippen LogP contribution in [0.25, 0.3) is 6.08 Å². The normalized spacial score (nSPS) is 24.6. The van der Waals surface area contributed by atoms with Crippen LogP contribution < -0.4 is 10.1 Å². The molecule has 0 spiro atoms. The maximum absolute atomic E-state index is 12.1. The minimum Gasteiger partial charge on any atom is -0.496 e. The summed E-state index contributed by atoms with van der Waals surface area (Å²) in [5.41, 5.74) is 1.79. The first-order valence-electron chi connectivity index (χ1n) is 7.72. The number of ether oxygens (including phenoxy) is 1. The average molecular weight is 303 g/mol. The van der Waals surface area contributed by atoms with Gasteiger partial charge in [0.1, 0.15) is 5.75 Å². The highest BCUT2D eigenvalue weighted by molar-refractivity contribution is 5.92. The van der Waals surface area contributed by atoms with Gasteiger partial charge in [-0.3, -0.25) is 4.79 Å². The molecule has 0 aromatic heterocycles. The fraction of sp³-hybridized carbons (Fsp3) is 0.500. The maximum Gasteiger partial charge on any atom is 0.244 e. The molecule has 1 aromatic carbocycles. The molecule has 2 N–H and O–H groups in total. The van der Waals surface area contributed by atoms with E-state index in [4.69, 9.17) is 4.74 Å². The minimum atomic E-state index is -0.204. The monoisotopic (exact) mass is 303 g/mol. The van der Waals surface area contributed by atoms with Crippen LogP contribution in [0.4, 0.5) is 0 Å². The number of carbonyl (C=O) groups excluding carboxylic acids is 1. The van der Waals surface area contributed by atoms with E-state index in [9.17, 15) is 9.90 Å². The molecule has 120 valence electrons. The molecule has 4 nitrogen and oxygen atoms in total. The van der Waals surface area contributed by atoms with E-state index in [1.807, 2.05) is 32.0 Å². The summed E-state index contributed by atoms with van der Waals surface area (Å²) in [5.74, 6) is 0.617. The van der Waals surface area contributed by atoms with Gasteiger partial charge in [0.15, 0.2) is 0 Å². The van der Waals surface area contributed by atoms with Crippen LogP contribution >= 0.6 is 0 Å². The van der Waals surface area contributed by atoms with Gasteiger partial charge in [-0.05, 0) is 38.0 Å². The molecule has 0 bridgehead atoms. The summed E-state index contributed by atoms with van der Waals surface area (Å²) >= 11 is 0. The standard InChI is InChI=1S/C18H25NO3/c1-13-6-8-15(22-3)14(11-13)7-9-17(21)19-16-5-4-10-18(16,2)12-20/h6-9,11,16,20H,4-5,10,12H2,1-3H3,(H,19,21)/b9-7+. The number of aliphatic hydroxyl groups is 1. The van der Waals surface area contributed by atoms with Crippen LogP contribution in [-0.2, 0) is 4.79 Å². The van der Waals surface area contributed by atoms with E-state index in [1.54, 1.807) is 13.2 Å². The summed E-state index contributed by atoms with van der Waals surface area (Å²) in [5, 5.41) is 12.5. The van der Waals surface area contributed by atoms with Crippen LogP contribution in [0.2, 0.25) is 0 Å². The van der Waals surface area contributed by atoms with E-state index in [1.165, 1.54) is 6.08 Å². The Morgan fingerprint density at radius 3 is 3.00 bits per heavy atom. The van der Waals surface area contributed by atoms with Crippen molar-refractivity contribution in [3.63, 3.8) is 0 Å². The summed E-state index contributed by atoms with van der Waals surface area (Å²) in [6.07, 6.45) is 6.21. The van der Waals surface area contributed by atoms with Crippen LogP contribution in [0.1, 0.15) is 37.3 Å². The lowest BCUT2D eigenvalue weighted by molar-refractivity contribution is -0.117. The number of benzene rings is 1. The number of hydrogen-bond donors (Lipinski definition) is 2. The molecule has 0 radical (unpaired) electrons. The molecular weight excluding hydrogens is 278 g/mol. The first-order valence-corrected chi connectivity index (χ1v) is 7.72. The van der Waals surface area contributed by atoms with Gasteiger partial charge in [-0.15, -0.1) is 0 Å². The van der Waals surface area contributed by atoms with Gasteiger partial charge in [0.2, 0.25) is 5.91 Å². The van der Waals surface area contributed by atoms with Gasteiger partial charge in [0.25, 0.3) is 0 Å². The van der Waals surface area contributed by atoms with Crippen molar-refractivity contribution in [2.45, 2.75) is 39.2 Å². The minimum absolute atomic E-state index is 0.0362. The Kier molecular flexibility index (Phi) is 5.24. The summed E-state index contributed by atoms with van der Waals surface area (Å²) in [4.78, 5) is 12.1. The fourth-order valence-electron chi connectivity index (χ4n) is 3.04. The Hall–Kier alpha value is -1.81. The lowest BCUT2D eigenvalue weighted by Crippen LogP contribution is -2.44. The van der Waals surface area contributed by atoms with E-state index >= 15 is 0 Å². The molecule has 1 amide bonds. The van der Waals surface area contributed by atoms with Crippen molar-refractivity contribution < 1.29 is 14.6 Å². The molecule has 2 rings (SSSR count). The number of rotatable bonds is 5. The molecule has 4 heteroatoms. The predicted molar refractivity (Wildman–Crippen MR) is 87.7 cm³/mol. The van der Waals surface area contributed by atoms with Gasteiger partial charge in [-0.1, -0.05) is 25.0 Å². The third-order valence-electron chi connectivity index (χ3n) is 4.56. The molecule has 2 atom stereocenters. The van der Waals surface area contributed by atoms with Crippen molar-refractivity contribution in [2.24, 2.45) is 5.41 Å². The molecule has 1 saturated carbocycles. The third kappa shape index (κ3) is 3.69. The average Bonchev–Trinajstić information content (AvgIpc) is 2.87. The highest BCUT2D eigenvalue weighted by atomic mass is 16.5. The second kappa shape index (κ2) is 6.97. The maximum atomic E-state index is 12.1. The molecule has 1 aliphatic rings. The lowest BCUT2D eigenvalue weighted by Gasteiger charge is -2.29. The molecular formula is C18H25NO3. The molecule has 2 unspecified atom stereocenters. The Balaban J connectivity index is 2.04. The van der Waals surface area contributed by atoms with Crippen molar-refractivity contribution in [3.05, 3.63) is 35.4 Å². The van der Waals surface area contributed by atoms with Crippen molar-refractivity contribution in [1.82, 2.24) is 5.32 Å². The summed E-state index contributed by atoms with van der Waals surface area (Å²) < 4.78 is 5.30. The van der Waals surface area contributed by atoms with Crippen LogP contribution in [0.5, 0.6) is 5.75 Å². The van der Waals surface area contributed by atoms with Gasteiger partial charge in [0.05, 0.1) is 13.7 Å². The second-order valence-electron chi connectivity index (χ2n) is 6.34. The molecule has 0 saturated heterocycles. The summed E-state index contributed by atoms with van der Waals surface area (Å²) in [6, 6.07) is 5.89. The van der Waals surface area contributed by atoms with E-state index < -0.39 is 0 Å². The van der Waals surface area contributed by atoms with Gasteiger partial charge in [0, 0.05) is 23.1 Å². The van der Waals surface area contributed by atoms with Gasteiger partial charge in [-0.2, -0.15) is 0 Å². The van der Waals surface area contributed by atoms with E-state index in [0.717, 1.165) is 36.1 Å². The molecule has 1 aromatic rings. The van der Waals surface area contributed by atoms with Crippen LogP contribution in [0.3, 0.4) is 0 Å². The Morgan fingerprint density at radius 2 is 2.32 bits per heavy atom. The van der Waals surface area contributed by atoms with Gasteiger partial charge in [-0.25, -0.2) is 0 Å². The first-order chi connectivity index (χ1) is 10.5. The van der Waals surface area contributed by atoms with Gasteiger partial charge >= 0.3 is 0 Å². The zero-order valence-electron chi connectivity index (χ0n) is 13.6. The zero-order chi connectivity index (χ0) is 16.2. The predicted octanol–water partition coefficient (Wildman–Crippen LogP) is 2.68. The zero-order valence-corrected chi connectivity index (χ0v) is 13.6. The Bertz CT molecular complexity index is 567. The van der Waals surface area contributed by atoms with Crippen molar-refractivity contribution in [2.75, 3.05) is 13.7 Å². The number of aryl methyl sites for hydroxylation is 1. The number of methoxy groups -OCH3 is 1. The van der Waals surface area contributed by atoms with E-state index in [2.05, 4.69) is 5.32 Å². The fourth-order valence-corrected chi connectivity index (χ4v) is 3.04. The number of carbonyl (C=O) groups is 1. The molecule has 1 fully saturated rings. The number of aliphatic hydroxyl groups excluding tert-OH is 1. The van der Waals surface area contributed by atoms with Crippen LogP contribution in [0, 0.1) is 12.3 Å². The first kappa shape index (κ1) is 16.6. The number of amides is 1. The van der Waals surface area contributed by atoms with Gasteiger partial charge < -0.3 is 15.2 Å². The van der Waals surface area contributed by atoms with E-state index in [-0.39, 0.29) is 24.0 Å². The summed E-state index contributed by atoms with van der Waals surface area (Å²) in [7, 11) is 1.62. The third-order valence-corrected chi connectivity index (χ3v) is 4.56. The van der Waals surface area contributed by atoms with E-state index in [0.29, 0.717) is 0 Å². The molecule has 22 heavy (non-hydrogen) atoms. The number of nitrogens with one attached hydrogen (secondary N) is 1. The van der Waals surface area contributed by atoms with Crippen LogP contribution in [0.15, 0.2) is 24.3 Å². The van der Waals surface area contributed by atoms with Crippen molar-refractivity contribution in [3.8, 4) is 5.75 Å². The highest BCUT2D eigenvalue weighted by Crippen LogP contribution is 2.37. The quantitative estimate of drug-likeness (QED) is 0.822. The summed E-state index contributed by atoms with van der Waals surface area (Å²) in [6.45, 7) is 4.13. The topological polar surface area (TPSA) is 58.6 Å². The largest absolute Gasteiger partial charge is 0.496 e.